The highest BCUT2D eigenvalue weighted by Crippen LogP contribution is 2.12. The second-order valence-electron chi connectivity index (χ2n) is 5.38. The van der Waals surface area contributed by atoms with E-state index >= 15 is 0 Å². The van der Waals surface area contributed by atoms with Gasteiger partial charge in [-0.3, -0.25) is 15.8 Å². The van der Waals surface area contributed by atoms with Crippen LogP contribution >= 0.6 is 11.6 Å². The van der Waals surface area contributed by atoms with Crippen molar-refractivity contribution in [3.05, 3.63) is 64.7 Å². The van der Waals surface area contributed by atoms with Crippen LogP contribution in [0.4, 0.5) is 17.6 Å². The van der Waals surface area contributed by atoms with Crippen LogP contribution in [0.15, 0.2) is 52.9 Å². The van der Waals surface area contributed by atoms with Gasteiger partial charge in [0.15, 0.2) is 11.6 Å². The first kappa shape index (κ1) is 18.2. The third kappa shape index (κ3) is 5.72. The predicted molar refractivity (Wildman–Crippen MR) is 107 cm³/mol. The van der Waals surface area contributed by atoms with Crippen molar-refractivity contribution in [3.63, 3.8) is 0 Å². The van der Waals surface area contributed by atoms with Gasteiger partial charge in [0.2, 0.25) is 5.95 Å². The topological polar surface area (TPSA) is 126 Å². The number of pyridine rings is 2. The van der Waals surface area contributed by atoms with E-state index in [4.69, 9.17) is 17.3 Å². The molecule has 0 unspecified atom stereocenters. The summed E-state index contributed by atoms with van der Waals surface area (Å²) in [6.45, 7) is 1.92. The highest BCUT2D eigenvalue weighted by Gasteiger charge is 2.01. The standard InChI is InChI=1S/C17H16ClN9/c1-11-2-3-12(7-20-11)9-22-26-15-6-16(25-17(19)24-15)27-23-10-13-4-5-14(18)21-8-13/h2-10H,1H3,(H4,19,24,25,26,27)/b22-9+,23-10+. The van der Waals surface area contributed by atoms with Crippen LogP contribution < -0.4 is 16.6 Å². The van der Waals surface area contributed by atoms with E-state index in [1.54, 1.807) is 43.0 Å². The number of anilines is 3. The van der Waals surface area contributed by atoms with Crippen molar-refractivity contribution < 1.29 is 0 Å². The molecule has 0 aliphatic rings. The number of nitrogens with zero attached hydrogens (tertiary/aromatic N) is 6. The molecule has 10 heteroatoms. The van der Waals surface area contributed by atoms with Crippen molar-refractivity contribution in [1.82, 2.24) is 19.9 Å². The van der Waals surface area contributed by atoms with Crippen molar-refractivity contribution in [2.75, 3.05) is 16.6 Å². The molecular formula is C17H16ClN9. The summed E-state index contributed by atoms with van der Waals surface area (Å²) in [4.78, 5) is 16.3. The van der Waals surface area contributed by atoms with Crippen molar-refractivity contribution >= 4 is 41.6 Å². The minimum absolute atomic E-state index is 0.0815. The van der Waals surface area contributed by atoms with Gasteiger partial charge in [-0.15, -0.1) is 0 Å². The van der Waals surface area contributed by atoms with Crippen molar-refractivity contribution in [1.29, 1.82) is 0 Å². The maximum absolute atomic E-state index is 5.74. The van der Waals surface area contributed by atoms with Gasteiger partial charge in [-0.2, -0.15) is 20.2 Å². The van der Waals surface area contributed by atoms with Crippen LogP contribution in [0, 0.1) is 6.92 Å². The van der Waals surface area contributed by atoms with Crippen LogP contribution in [0.5, 0.6) is 0 Å². The van der Waals surface area contributed by atoms with Crippen molar-refractivity contribution in [2.24, 2.45) is 10.2 Å². The van der Waals surface area contributed by atoms with E-state index < -0.39 is 0 Å². The Morgan fingerprint density at radius 2 is 1.52 bits per heavy atom. The van der Waals surface area contributed by atoms with Crippen LogP contribution in [0.25, 0.3) is 0 Å². The summed E-state index contributed by atoms with van der Waals surface area (Å²) in [5.41, 5.74) is 13.9. The maximum atomic E-state index is 5.74. The Balaban J connectivity index is 1.63. The summed E-state index contributed by atoms with van der Waals surface area (Å²) in [5, 5.41) is 8.61. The van der Waals surface area contributed by atoms with Crippen LogP contribution in [0.1, 0.15) is 16.8 Å². The smallest absolute Gasteiger partial charge is 0.224 e. The first-order chi connectivity index (χ1) is 13.1. The Kier molecular flexibility index (Phi) is 5.85. The average molecular weight is 382 g/mol. The van der Waals surface area contributed by atoms with Gasteiger partial charge in [-0.25, -0.2) is 4.98 Å². The summed E-state index contributed by atoms with van der Waals surface area (Å²) < 4.78 is 0. The molecule has 0 aliphatic heterocycles. The molecule has 27 heavy (non-hydrogen) atoms. The van der Waals surface area contributed by atoms with E-state index in [0.29, 0.717) is 16.8 Å². The monoisotopic (exact) mass is 381 g/mol. The van der Waals surface area contributed by atoms with Gasteiger partial charge in [0.25, 0.3) is 0 Å². The van der Waals surface area contributed by atoms with Gasteiger partial charge >= 0.3 is 0 Å². The van der Waals surface area contributed by atoms with Crippen molar-refractivity contribution in [3.8, 4) is 0 Å². The molecule has 0 amide bonds. The molecule has 0 saturated heterocycles. The van der Waals surface area contributed by atoms with E-state index in [1.807, 2.05) is 19.1 Å². The highest BCUT2D eigenvalue weighted by atomic mass is 35.5. The Bertz CT molecular complexity index is 877. The molecule has 3 heterocycles. The van der Waals surface area contributed by atoms with Gasteiger partial charge < -0.3 is 5.73 Å². The number of aromatic nitrogens is 4. The number of rotatable bonds is 6. The zero-order chi connectivity index (χ0) is 19.1. The minimum atomic E-state index is 0.0815. The molecule has 3 rings (SSSR count). The molecule has 9 nitrogen and oxygen atoms in total. The quantitative estimate of drug-likeness (QED) is 0.340. The molecular weight excluding hydrogens is 366 g/mol. The first-order valence-electron chi connectivity index (χ1n) is 7.85. The molecule has 0 saturated carbocycles. The number of halogens is 1. The fraction of sp³-hybridized carbons (Fsp3) is 0.0588. The van der Waals surface area contributed by atoms with Crippen LogP contribution in [0.2, 0.25) is 5.15 Å². The first-order valence-corrected chi connectivity index (χ1v) is 8.23. The summed E-state index contributed by atoms with van der Waals surface area (Å²) >= 11 is 5.74. The molecule has 3 aromatic heterocycles. The number of hydrazone groups is 2. The van der Waals surface area contributed by atoms with Crippen LogP contribution in [-0.2, 0) is 0 Å². The van der Waals surface area contributed by atoms with E-state index in [-0.39, 0.29) is 5.95 Å². The fourth-order valence-electron chi connectivity index (χ4n) is 1.95. The number of nitrogens with one attached hydrogen (secondary N) is 2. The van der Waals surface area contributed by atoms with Crippen LogP contribution in [-0.4, -0.2) is 32.4 Å². The third-order valence-corrected chi connectivity index (χ3v) is 3.44. The van der Waals surface area contributed by atoms with E-state index in [2.05, 4.69) is 41.0 Å². The second-order valence-corrected chi connectivity index (χ2v) is 5.77. The van der Waals surface area contributed by atoms with Crippen molar-refractivity contribution in [2.45, 2.75) is 6.92 Å². The molecule has 0 bridgehead atoms. The molecule has 0 aromatic carbocycles. The predicted octanol–water partition coefficient (Wildman–Crippen LogP) is 2.70. The molecule has 0 atom stereocenters. The van der Waals surface area contributed by atoms with Gasteiger partial charge in [-0.1, -0.05) is 17.7 Å². The molecule has 0 spiro atoms. The molecule has 0 fully saturated rings. The Labute approximate surface area is 160 Å². The summed E-state index contributed by atoms with van der Waals surface area (Å²) in [6.07, 6.45) is 6.53. The molecule has 0 aliphatic carbocycles. The molecule has 3 aromatic rings. The lowest BCUT2D eigenvalue weighted by molar-refractivity contribution is 1.13. The average Bonchev–Trinajstić information content (AvgIpc) is 2.65. The number of hydrogen-bond acceptors (Lipinski definition) is 9. The Morgan fingerprint density at radius 1 is 0.926 bits per heavy atom. The Hall–Kier alpha value is -3.59. The maximum Gasteiger partial charge on any atom is 0.224 e. The van der Waals surface area contributed by atoms with E-state index in [0.717, 1.165) is 16.8 Å². The molecule has 0 radical (unpaired) electrons. The normalized spacial score (nSPS) is 11.2. The summed E-state index contributed by atoms with van der Waals surface area (Å²) in [7, 11) is 0. The van der Waals surface area contributed by atoms with Gasteiger partial charge in [0.1, 0.15) is 5.15 Å². The lowest BCUT2D eigenvalue weighted by Gasteiger charge is -2.04. The molecule has 136 valence electrons. The van der Waals surface area contributed by atoms with Gasteiger partial charge in [0.05, 0.1) is 12.4 Å². The summed E-state index contributed by atoms with van der Waals surface area (Å²) in [5.74, 6) is 0.915. The second kappa shape index (κ2) is 8.68. The lowest BCUT2D eigenvalue weighted by Crippen LogP contribution is -2.03. The van der Waals surface area contributed by atoms with Gasteiger partial charge in [-0.05, 0) is 25.1 Å². The Morgan fingerprint density at radius 3 is 2.04 bits per heavy atom. The number of aryl methyl sites for hydroxylation is 1. The fourth-order valence-corrected chi connectivity index (χ4v) is 2.06. The molecule has 4 N–H and O–H groups in total. The number of hydrogen-bond donors (Lipinski definition) is 3. The largest absolute Gasteiger partial charge is 0.368 e. The zero-order valence-corrected chi connectivity index (χ0v) is 15.1. The number of nitrogen functional groups attached to an aromatic ring is 1. The highest BCUT2D eigenvalue weighted by molar-refractivity contribution is 6.29. The van der Waals surface area contributed by atoms with Gasteiger partial charge in [0, 0.05) is 35.3 Å². The minimum Gasteiger partial charge on any atom is -0.368 e. The summed E-state index contributed by atoms with van der Waals surface area (Å²) in [6, 6.07) is 8.90. The third-order valence-electron chi connectivity index (χ3n) is 3.21. The lowest BCUT2D eigenvalue weighted by atomic mass is 10.3. The SMILES string of the molecule is Cc1ccc(/C=N/Nc2cc(N/N=C/c3ccc(Cl)nc3)nc(N)n2)cn1. The van der Waals surface area contributed by atoms with Crippen LogP contribution in [0.3, 0.4) is 0 Å². The number of nitrogens with two attached hydrogens (primary N) is 1. The van der Waals surface area contributed by atoms with E-state index in [1.165, 1.54) is 0 Å². The zero-order valence-electron chi connectivity index (χ0n) is 14.3. The van der Waals surface area contributed by atoms with E-state index in [9.17, 15) is 0 Å².